The van der Waals surface area contributed by atoms with Crippen molar-refractivity contribution in [2.75, 3.05) is 27.3 Å². The third-order valence-electron chi connectivity index (χ3n) is 9.25. The van der Waals surface area contributed by atoms with Crippen LogP contribution in [0.5, 0.6) is 0 Å². The number of rotatable bonds is 9. The van der Waals surface area contributed by atoms with Crippen LogP contribution in [0.2, 0.25) is 0 Å². The summed E-state index contributed by atoms with van der Waals surface area (Å²) in [5.74, 6) is 0.518. The molecule has 292 valence electrons. The number of carboxylic acids is 1. The minimum Gasteiger partial charge on any atom is -0.479 e. The maximum Gasteiger partial charge on any atom is 0.410 e. The van der Waals surface area contributed by atoms with Crippen molar-refractivity contribution in [3.05, 3.63) is 84.7 Å². The molecule has 54 heavy (non-hydrogen) atoms. The highest BCUT2D eigenvalue weighted by Crippen LogP contribution is 2.31. The third kappa shape index (κ3) is 11.4. The van der Waals surface area contributed by atoms with Crippen LogP contribution in [-0.4, -0.2) is 102 Å². The highest BCUT2D eigenvalue weighted by molar-refractivity contribution is 5.85. The van der Waals surface area contributed by atoms with Gasteiger partial charge in [-0.15, -0.1) is 0 Å². The summed E-state index contributed by atoms with van der Waals surface area (Å²) < 4.78 is 19.4. The van der Waals surface area contributed by atoms with E-state index in [4.69, 9.17) is 25.1 Å². The summed E-state index contributed by atoms with van der Waals surface area (Å²) in [5, 5.41) is 20.0. The number of aromatic nitrogens is 6. The average Bonchev–Trinajstić information content (AvgIpc) is 3.94. The monoisotopic (exact) mass is 747 g/mol. The first-order chi connectivity index (χ1) is 25.8. The van der Waals surface area contributed by atoms with Crippen LogP contribution in [0, 0.1) is 0 Å². The number of ether oxygens (including phenoxy) is 3. The van der Waals surface area contributed by atoms with E-state index in [0.29, 0.717) is 57.7 Å². The summed E-state index contributed by atoms with van der Waals surface area (Å²) in [4.78, 5) is 46.1. The number of hydrogen-bond donors (Lipinski definition) is 3. The van der Waals surface area contributed by atoms with E-state index in [0.717, 1.165) is 36.2 Å². The van der Waals surface area contributed by atoms with Crippen LogP contribution in [0.4, 0.5) is 4.79 Å². The molecule has 6 rings (SSSR count). The number of likely N-dealkylation sites (tertiary alicyclic amines) is 1. The highest BCUT2D eigenvalue weighted by atomic mass is 16.6. The fourth-order valence-corrected chi connectivity index (χ4v) is 6.01. The predicted molar refractivity (Wildman–Crippen MR) is 200 cm³/mol. The molecule has 16 nitrogen and oxygen atoms in total. The Balaban J connectivity index is 0.000000220. The molecule has 0 bridgehead atoms. The van der Waals surface area contributed by atoms with Gasteiger partial charge in [-0.1, -0.05) is 18.6 Å². The number of amides is 2. The fourth-order valence-electron chi connectivity index (χ4n) is 6.01. The van der Waals surface area contributed by atoms with Crippen LogP contribution in [0.3, 0.4) is 0 Å². The number of aliphatic carboxylic acids is 1. The zero-order valence-electron chi connectivity index (χ0n) is 31.8. The lowest BCUT2D eigenvalue weighted by molar-refractivity contribution is -0.166. The van der Waals surface area contributed by atoms with Gasteiger partial charge in [0.15, 0.2) is 17.2 Å². The molecule has 1 aliphatic carbocycles. The van der Waals surface area contributed by atoms with E-state index >= 15 is 0 Å². The van der Waals surface area contributed by atoms with E-state index in [1.165, 1.54) is 14.2 Å². The second kappa shape index (κ2) is 19.2. The van der Waals surface area contributed by atoms with Gasteiger partial charge in [0.2, 0.25) is 0 Å². The van der Waals surface area contributed by atoms with Gasteiger partial charge >= 0.3 is 12.1 Å². The topological polar surface area (TPSA) is 202 Å². The van der Waals surface area contributed by atoms with E-state index in [1.54, 1.807) is 39.1 Å². The van der Waals surface area contributed by atoms with E-state index in [-0.39, 0.29) is 12.0 Å². The maximum absolute atomic E-state index is 12.9. The van der Waals surface area contributed by atoms with Crippen LogP contribution >= 0.6 is 0 Å². The molecule has 1 aliphatic heterocycles. The summed E-state index contributed by atoms with van der Waals surface area (Å²) in [6.07, 6.45) is 15.4. The molecule has 0 aromatic carbocycles. The molecule has 4 aromatic heterocycles. The summed E-state index contributed by atoms with van der Waals surface area (Å²) >= 11 is 0. The number of hydrogen-bond acceptors (Lipinski definition) is 11. The van der Waals surface area contributed by atoms with Gasteiger partial charge in [0.25, 0.3) is 5.91 Å². The lowest BCUT2D eigenvalue weighted by Gasteiger charge is -2.39. The van der Waals surface area contributed by atoms with E-state index in [9.17, 15) is 14.4 Å². The Labute approximate surface area is 316 Å². The van der Waals surface area contributed by atoms with Crippen LogP contribution in [-0.2, 0) is 36.9 Å². The molecule has 0 spiro atoms. The van der Waals surface area contributed by atoms with Crippen molar-refractivity contribution in [1.82, 2.24) is 39.7 Å². The molecule has 0 atom stereocenters. The largest absolute Gasteiger partial charge is 0.479 e. The van der Waals surface area contributed by atoms with E-state index < -0.39 is 22.8 Å². The molecule has 5 heterocycles. The van der Waals surface area contributed by atoms with Crippen molar-refractivity contribution >= 4 is 18.0 Å². The van der Waals surface area contributed by atoms with Gasteiger partial charge in [-0.3, -0.25) is 4.79 Å². The molecule has 1 saturated heterocycles. The molecule has 1 saturated carbocycles. The van der Waals surface area contributed by atoms with Crippen molar-refractivity contribution < 1.29 is 33.7 Å². The predicted octanol–water partition coefficient (Wildman–Crippen LogP) is 4.45. The molecular weight excluding hydrogens is 694 g/mol. The number of methoxy groups -OCH3 is 2. The van der Waals surface area contributed by atoms with E-state index in [1.807, 2.05) is 69.6 Å². The lowest BCUT2D eigenvalue weighted by atomic mass is 9.85. The van der Waals surface area contributed by atoms with Crippen LogP contribution in [0.15, 0.2) is 73.6 Å². The Hall–Kier alpha value is -5.19. The SMILES string of the molecule is COC1(C(=O)NCc2ccc(-n3cccn3)nc2)CCN(C(=O)OC(C)(C)C)CC1.COC1(C(=O)O)CCCCC1.NCc1ccc(-n2cccn2)nc1. The van der Waals surface area contributed by atoms with Gasteiger partial charge in [0, 0.05) is 90.4 Å². The van der Waals surface area contributed by atoms with Crippen LogP contribution < -0.4 is 11.1 Å². The molecule has 4 N–H and O–H groups in total. The molecule has 0 unspecified atom stereocenters. The zero-order valence-corrected chi connectivity index (χ0v) is 31.8. The number of nitrogens with one attached hydrogen (secondary N) is 1. The van der Waals surface area contributed by atoms with Crippen molar-refractivity contribution in [2.45, 2.75) is 95.6 Å². The number of piperidine rings is 1. The molecule has 2 aliphatic rings. The third-order valence-corrected chi connectivity index (χ3v) is 9.25. The minimum atomic E-state index is -0.957. The molecule has 2 amide bonds. The summed E-state index contributed by atoms with van der Waals surface area (Å²) in [6.45, 7) is 7.15. The Morgan fingerprint density at radius 2 is 1.35 bits per heavy atom. The van der Waals surface area contributed by atoms with Crippen molar-refractivity contribution in [3.63, 3.8) is 0 Å². The van der Waals surface area contributed by atoms with Crippen molar-refractivity contribution in [2.24, 2.45) is 5.73 Å². The Morgan fingerprint density at radius 1 is 0.815 bits per heavy atom. The number of pyridine rings is 2. The quantitative estimate of drug-likeness (QED) is 0.218. The normalized spacial score (nSPS) is 16.1. The number of carbonyl (C=O) groups excluding carboxylic acids is 2. The average molecular weight is 748 g/mol. The Bertz CT molecular complexity index is 1730. The van der Waals surface area contributed by atoms with Crippen molar-refractivity contribution in [3.8, 4) is 11.6 Å². The zero-order chi connectivity index (χ0) is 39.2. The second-order valence-electron chi connectivity index (χ2n) is 14.1. The Kier molecular flexibility index (Phi) is 14.8. The van der Waals surface area contributed by atoms with Crippen molar-refractivity contribution in [1.29, 1.82) is 0 Å². The first-order valence-corrected chi connectivity index (χ1v) is 18.0. The molecule has 0 radical (unpaired) electrons. The standard InChI is InChI=1S/C21H29N5O4.C9H10N4.C8H14O3/c1-20(2,3)30-19(28)25-12-8-21(29-4,9-13-25)18(27)23-15-16-6-7-17(22-14-16)26-11-5-10-24-26;10-6-8-2-3-9(11-7-8)13-5-1-4-12-13;1-11-8(7(9)10)5-3-2-4-6-8/h5-7,10-11,14H,8-9,12-13,15H2,1-4H3,(H,23,27);1-5,7H,6,10H2;2-6H2,1H3,(H,9,10). The number of carbonyl (C=O) groups is 3. The summed E-state index contributed by atoms with van der Waals surface area (Å²) in [5.41, 5.74) is 4.98. The van der Waals surface area contributed by atoms with Crippen LogP contribution in [0.1, 0.15) is 76.8 Å². The molecule has 2 fully saturated rings. The first kappa shape index (κ1) is 41.6. The lowest BCUT2D eigenvalue weighted by Crippen LogP contribution is -2.56. The first-order valence-electron chi connectivity index (χ1n) is 18.0. The molecule has 4 aromatic rings. The van der Waals surface area contributed by atoms with Gasteiger partial charge in [-0.25, -0.2) is 28.9 Å². The van der Waals surface area contributed by atoms with Gasteiger partial charge < -0.3 is 35.3 Å². The number of carboxylic acid groups (broad SMARTS) is 1. The van der Waals surface area contributed by atoms with Gasteiger partial charge in [-0.2, -0.15) is 10.2 Å². The van der Waals surface area contributed by atoms with Crippen LogP contribution in [0.25, 0.3) is 11.6 Å². The molecular formula is C38H53N9O7. The highest BCUT2D eigenvalue weighted by Gasteiger charge is 2.43. The smallest absolute Gasteiger partial charge is 0.410 e. The minimum absolute atomic E-state index is 0.190. The maximum atomic E-state index is 12.9. The summed E-state index contributed by atoms with van der Waals surface area (Å²) in [7, 11) is 3.02. The molecule has 16 heteroatoms. The van der Waals surface area contributed by atoms with Gasteiger partial charge in [0.05, 0.1) is 0 Å². The van der Waals surface area contributed by atoms with Gasteiger partial charge in [0.1, 0.15) is 11.2 Å². The fraction of sp³-hybridized carbons (Fsp3) is 0.500. The van der Waals surface area contributed by atoms with Gasteiger partial charge in [-0.05, 0) is 81.8 Å². The Morgan fingerprint density at radius 3 is 1.74 bits per heavy atom. The second-order valence-corrected chi connectivity index (χ2v) is 14.1. The summed E-state index contributed by atoms with van der Waals surface area (Å²) in [6, 6.07) is 11.3. The number of nitrogens with zero attached hydrogens (tertiary/aromatic N) is 7. The number of nitrogens with two attached hydrogens (primary N) is 1. The van der Waals surface area contributed by atoms with E-state index in [2.05, 4.69) is 25.5 Å².